The van der Waals surface area contributed by atoms with Crippen molar-refractivity contribution in [1.82, 2.24) is 9.97 Å². The fourth-order valence-corrected chi connectivity index (χ4v) is 1.01. The van der Waals surface area contributed by atoms with Gasteiger partial charge in [-0.25, -0.2) is 9.97 Å². The van der Waals surface area contributed by atoms with Gasteiger partial charge in [-0.1, -0.05) is 11.6 Å². The number of halogens is 1. The van der Waals surface area contributed by atoms with Gasteiger partial charge in [-0.3, -0.25) is 0 Å². The van der Waals surface area contributed by atoms with Crippen LogP contribution in [0.15, 0.2) is 12.3 Å². The Balaban J connectivity index is 2.73. The summed E-state index contributed by atoms with van der Waals surface area (Å²) in [7, 11) is 0. The van der Waals surface area contributed by atoms with Crippen molar-refractivity contribution in [3.63, 3.8) is 0 Å². The number of aromatic nitrogens is 2. The zero-order valence-corrected chi connectivity index (χ0v) is 7.88. The average Bonchev–Trinajstić information content (AvgIpc) is 2.05. The molecule has 1 unspecified atom stereocenters. The van der Waals surface area contributed by atoms with Crippen molar-refractivity contribution in [1.29, 1.82) is 0 Å². The molecule has 0 fully saturated rings. The monoisotopic (exact) mass is 186 g/mol. The van der Waals surface area contributed by atoms with E-state index in [0.29, 0.717) is 17.6 Å². The first kappa shape index (κ1) is 9.42. The summed E-state index contributed by atoms with van der Waals surface area (Å²) < 4.78 is 5.30. The van der Waals surface area contributed by atoms with Crippen LogP contribution >= 0.6 is 11.6 Å². The van der Waals surface area contributed by atoms with Gasteiger partial charge < -0.3 is 4.74 Å². The third-order valence-electron chi connectivity index (χ3n) is 1.42. The number of rotatable bonds is 3. The van der Waals surface area contributed by atoms with Gasteiger partial charge in [-0.2, -0.15) is 0 Å². The summed E-state index contributed by atoms with van der Waals surface area (Å²) in [6, 6.07) is 1.64. The second-order valence-corrected chi connectivity index (χ2v) is 2.72. The Bertz CT molecular complexity index is 255. The Kier molecular flexibility index (Phi) is 3.44. The highest BCUT2D eigenvalue weighted by Gasteiger charge is 2.07. The quantitative estimate of drug-likeness (QED) is 0.679. The number of hydrogen-bond acceptors (Lipinski definition) is 3. The molecule has 0 amide bonds. The van der Waals surface area contributed by atoms with E-state index in [4.69, 9.17) is 16.3 Å². The van der Waals surface area contributed by atoms with Gasteiger partial charge in [-0.15, -0.1) is 0 Å². The second-order valence-electron chi connectivity index (χ2n) is 2.34. The van der Waals surface area contributed by atoms with E-state index in [-0.39, 0.29) is 6.10 Å². The molecule has 0 aromatic carbocycles. The fraction of sp³-hybridized carbons (Fsp3) is 0.500. The van der Waals surface area contributed by atoms with Crippen molar-refractivity contribution in [3.8, 4) is 0 Å². The Morgan fingerprint density at radius 3 is 3.00 bits per heavy atom. The lowest BCUT2D eigenvalue weighted by Crippen LogP contribution is -2.04. The van der Waals surface area contributed by atoms with Crippen molar-refractivity contribution in [2.45, 2.75) is 20.0 Å². The first-order valence-corrected chi connectivity index (χ1v) is 4.22. The summed E-state index contributed by atoms with van der Waals surface area (Å²) in [4.78, 5) is 8.06. The molecule has 1 aromatic rings. The molecule has 0 saturated heterocycles. The Labute approximate surface area is 76.7 Å². The number of hydrogen-bond donors (Lipinski definition) is 0. The summed E-state index contributed by atoms with van der Waals surface area (Å²) in [6.07, 6.45) is 1.54. The fourth-order valence-electron chi connectivity index (χ4n) is 0.871. The molecule has 1 aromatic heterocycles. The minimum atomic E-state index is -0.0892. The molecule has 0 radical (unpaired) electrons. The van der Waals surface area contributed by atoms with Gasteiger partial charge in [0.25, 0.3) is 0 Å². The number of ether oxygens (including phenoxy) is 1. The third kappa shape index (κ3) is 2.43. The van der Waals surface area contributed by atoms with E-state index in [0.717, 1.165) is 0 Å². The summed E-state index contributed by atoms with van der Waals surface area (Å²) in [5, 5.41) is 0.451. The van der Waals surface area contributed by atoms with Crippen LogP contribution < -0.4 is 0 Å². The Morgan fingerprint density at radius 1 is 1.67 bits per heavy atom. The molecular weight excluding hydrogens is 176 g/mol. The van der Waals surface area contributed by atoms with Crippen LogP contribution in [-0.2, 0) is 4.74 Å². The van der Waals surface area contributed by atoms with Crippen molar-refractivity contribution >= 4 is 11.6 Å². The van der Waals surface area contributed by atoms with Gasteiger partial charge in [0.2, 0.25) is 0 Å². The molecule has 0 aliphatic carbocycles. The van der Waals surface area contributed by atoms with E-state index < -0.39 is 0 Å². The van der Waals surface area contributed by atoms with E-state index in [1.807, 2.05) is 13.8 Å². The molecule has 0 saturated carbocycles. The normalized spacial score (nSPS) is 12.9. The van der Waals surface area contributed by atoms with Crippen LogP contribution in [0.4, 0.5) is 0 Å². The van der Waals surface area contributed by atoms with Crippen LogP contribution in [0.5, 0.6) is 0 Å². The molecule has 0 N–H and O–H groups in total. The summed E-state index contributed by atoms with van der Waals surface area (Å²) in [6.45, 7) is 4.48. The molecule has 4 heteroatoms. The van der Waals surface area contributed by atoms with Crippen molar-refractivity contribution < 1.29 is 4.74 Å². The molecule has 0 bridgehead atoms. The van der Waals surface area contributed by atoms with Crippen molar-refractivity contribution in [3.05, 3.63) is 23.2 Å². The third-order valence-corrected chi connectivity index (χ3v) is 1.63. The van der Waals surface area contributed by atoms with Crippen LogP contribution in [0.2, 0.25) is 5.15 Å². The highest BCUT2D eigenvalue weighted by atomic mass is 35.5. The van der Waals surface area contributed by atoms with Crippen LogP contribution in [-0.4, -0.2) is 16.6 Å². The van der Waals surface area contributed by atoms with E-state index >= 15 is 0 Å². The zero-order chi connectivity index (χ0) is 8.97. The molecular formula is C8H11ClN2O. The maximum absolute atomic E-state index is 5.68. The second kappa shape index (κ2) is 4.38. The molecule has 0 aliphatic rings. The molecule has 1 atom stereocenters. The minimum absolute atomic E-state index is 0.0892. The van der Waals surface area contributed by atoms with Gasteiger partial charge >= 0.3 is 0 Å². The van der Waals surface area contributed by atoms with Crippen LogP contribution in [0.25, 0.3) is 0 Å². The minimum Gasteiger partial charge on any atom is -0.371 e. The molecule has 12 heavy (non-hydrogen) atoms. The van der Waals surface area contributed by atoms with Crippen LogP contribution in [0, 0.1) is 0 Å². The first-order valence-electron chi connectivity index (χ1n) is 3.84. The summed E-state index contributed by atoms with van der Waals surface area (Å²) >= 11 is 5.68. The predicted octanol–water partition coefficient (Wildman–Crippen LogP) is 2.23. The van der Waals surface area contributed by atoms with Crippen LogP contribution in [0.3, 0.4) is 0 Å². The lowest BCUT2D eigenvalue weighted by Gasteiger charge is -2.08. The van der Waals surface area contributed by atoms with E-state index in [1.165, 1.54) is 0 Å². The average molecular weight is 187 g/mol. The molecule has 0 spiro atoms. The van der Waals surface area contributed by atoms with E-state index in [2.05, 4.69) is 9.97 Å². The van der Waals surface area contributed by atoms with Gasteiger partial charge in [0.05, 0.1) is 0 Å². The molecule has 3 nitrogen and oxygen atoms in total. The van der Waals surface area contributed by atoms with E-state index in [1.54, 1.807) is 12.3 Å². The Hall–Kier alpha value is -0.670. The SMILES string of the molecule is CCOC(C)c1nccc(Cl)n1. The molecule has 1 rings (SSSR count). The highest BCUT2D eigenvalue weighted by molar-refractivity contribution is 6.29. The standard InChI is InChI=1S/C8H11ClN2O/c1-3-12-6(2)8-10-5-4-7(9)11-8/h4-6H,3H2,1-2H3. The topological polar surface area (TPSA) is 35.0 Å². The molecule has 66 valence electrons. The van der Waals surface area contributed by atoms with Gasteiger partial charge in [0.15, 0.2) is 5.82 Å². The van der Waals surface area contributed by atoms with Gasteiger partial charge in [0, 0.05) is 12.8 Å². The van der Waals surface area contributed by atoms with Gasteiger partial charge in [-0.05, 0) is 19.9 Å². The summed E-state index contributed by atoms with van der Waals surface area (Å²) in [5.74, 6) is 0.629. The Morgan fingerprint density at radius 2 is 2.42 bits per heavy atom. The molecule has 1 heterocycles. The predicted molar refractivity (Wildman–Crippen MR) is 47.1 cm³/mol. The maximum Gasteiger partial charge on any atom is 0.158 e. The highest BCUT2D eigenvalue weighted by Crippen LogP contribution is 2.13. The van der Waals surface area contributed by atoms with E-state index in [9.17, 15) is 0 Å². The zero-order valence-electron chi connectivity index (χ0n) is 7.12. The lowest BCUT2D eigenvalue weighted by molar-refractivity contribution is 0.0700. The first-order chi connectivity index (χ1) is 5.74. The number of nitrogens with zero attached hydrogens (tertiary/aromatic N) is 2. The molecule has 0 aliphatic heterocycles. The largest absolute Gasteiger partial charge is 0.371 e. The van der Waals surface area contributed by atoms with Gasteiger partial charge in [0.1, 0.15) is 11.3 Å². The van der Waals surface area contributed by atoms with Crippen molar-refractivity contribution in [2.24, 2.45) is 0 Å². The lowest BCUT2D eigenvalue weighted by atomic mass is 10.4. The smallest absolute Gasteiger partial charge is 0.158 e. The summed E-state index contributed by atoms with van der Waals surface area (Å²) in [5.41, 5.74) is 0. The maximum atomic E-state index is 5.68. The van der Waals surface area contributed by atoms with Crippen LogP contribution in [0.1, 0.15) is 25.8 Å². The van der Waals surface area contributed by atoms with Crippen molar-refractivity contribution in [2.75, 3.05) is 6.61 Å².